The van der Waals surface area contributed by atoms with Crippen LogP contribution < -0.4 is 5.11 Å². The molecule has 12 heavy (non-hydrogen) atoms. The summed E-state index contributed by atoms with van der Waals surface area (Å²) in [6.07, 6.45) is 0. The van der Waals surface area contributed by atoms with Crippen LogP contribution in [0.2, 0.25) is 0 Å². The summed E-state index contributed by atoms with van der Waals surface area (Å²) in [4.78, 5) is 0. The Bertz CT molecular complexity index is 274. The van der Waals surface area contributed by atoms with Crippen LogP contribution in [0.5, 0.6) is 0 Å². The van der Waals surface area contributed by atoms with Gasteiger partial charge in [0, 0.05) is 5.31 Å². The van der Waals surface area contributed by atoms with E-state index in [2.05, 4.69) is 0 Å². The van der Waals surface area contributed by atoms with Gasteiger partial charge in [-0.05, 0) is 37.4 Å². The SMILES string of the molecule is CCOC([O-])=C1P=CC(C)=C1C. The Balaban J connectivity index is 2.91. The van der Waals surface area contributed by atoms with Crippen LogP contribution in [-0.4, -0.2) is 12.4 Å². The summed E-state index contributed by atoms with van der Waals surface area (Å²) in [5, 5.41) is 12.1. The van der Waals surface area contributed by atoms with Gasteiger partial charge in [0.25, 0.3) is 0 Å². The molecule has 0 saturated carbocycles. The zero-order valence-electron chi connectivity index (χ0n) is 7.55. The first-order valence-corrected chi connectivity index (χ1v) is 4.89. The lowest BCUT2D eigenvalue weighted by Gasteiger charge is -2.15. The Morgan fingerprint density at radius 3 is 2.67 bits per heavy atom. The van der Waals surface area contributed by atoms with Gasteiger partial charge >= 0.3 is 0 Å². The van der Waals surface area contributed by atoms with Gasteiger partial charge in [0.2, 0.25) is 0 Å². The second kappa shape index (κ2) is 3.77. The molecule has 0 amide bonds. The van der Waals surface area contributed by atoms with Crippen molar-refractivity contribution >= 4 is 14.0 Å². The smallest absolute Gasteiger partial charge is 0.0637 e. The number of allylic oxidation sites excluding steroid dienone is 3. The van der Waals surface area contributed by atoms with Gasteiger partial charge in [-0.1, -0.05) is 15.1 Å². The van der Waals surface area contributed by atoms with Crippen LogP contribution in [0.4, 0.5) is 0 Å². The van der Waals surface area contributed by atoms with Crippen molar-refractivity contribution in [3.05, 3.63) is 22.4 Å². The van der Waals surface area contributed by atoms with Crippen molar-refractivity contribution < 1.29 is 9.84 Å². The highest BCUT2D eigenvalue weighted by molar-refractivity contribution is 7.45. The largest absolute Gasteiger partial charge is 0.613 e. The molecule has 0 radical (unpaired) electrons. The molecule has 2 nitrogen and oxygen atoms in total. The molecule has 3 heteroatoms. The minimum atomic E-state index is -0.176. The summed E-state index contributed by atoms with van der Waals surface area (Å²) in [5.41, 5.74) is 2.25. The Hall–Kier alpha value is -0.750. The van der Waals surface area contributed by atoms with Crippen LogP contribution in [0.25, 0.3) is 0 Å². The predicted octanol–water partition coefficient (Wildman–Crippen LogP) is 1.65. The third-order valence-electron chi connectivity index (χ3n) is 1.80. The van der Waals surface area contributed by atoms with E-state index in [4.69, 9.17) is 4.74 Å². The molecule has 0 unspecified atom stereocenters. The molecule has 0 atom stereocenters. The van der Waals surface area contributed by atoms with Crippen molar-refractivity contribution in [2.75, 3.05) is 6.61 Å². The van der Waals surface area contributed by atoms with E-state index in [9.17, 15) is 5.11 Å². The summed E-state index contributed by atoms with van der Waals surface area (Å²) in [7, 11) is 0.972. The standard InChI is InChI=1S/C9H13O2P/c1-4-11-9(10)8-7(3)6(2)5-12-8/h5,10H,4H2,1-3H3/p-1. The summed E-state index contributed by atoms with van der Waals surface area (Å²) < 4.78 is 4.91. The van der Waals surface area contributed by atoms with Gasteiger partial charge in [0.05, 0.1) is 5.95 Å². The second-order valence-corrected chi connectivity index (χ2v) is 3.60. The first-order valence-electron chi connectivity index (χ1n) is 3.92. The van der Waals surface area contributed by atoms with E-state index >= 15 is 0 Å². The Morgan fingerprint density at radius 2 is 2.25 bits per heavy atom. The van der Waals surface area contributed by atoms with E-state index in [-0.39, 0.29) is 5.95 Å². The van der Waals surface area contributed by atoms with Gasteiger partial charge < -0.3 is 9.84 Å². The quantitative estimate of drug-likeness (QED) is 0.481. The van der Waals surface area contributed by atoms with Crippen molar-refractivity contribution in [2.45, 2.75) is 20.8 Å². The van der Waals surface area contributed by atoms with Crippen molar-refractivity contribution in [1.29, 1.82) is 0 Å². The van der Waals surface area contributed by atoms with Crippen molar-refractivity contribution in [3.8, 4) is 0 Å². The van der Waals surface area contributed by atoms with Crippen LogP contribution in [0.3, 0.4) is 0 Å². The maximum absolute atomic E-state index is 11.3. The first-order chi connectivity index (χ1) is 5.66. The Kier molecular flexibility index (Phi) is 2.93. The van der Waals surface area contributed by atoms with E-state index in [1.807, 2.05) is 26.6 Å². The zero-order chi connectivity index (χ0) is 9.14. The molecule has 0 saturated heterocycles. The lowest BCUT2D eigenvalue weighted by Crippen LogP contribution is -2.09. The molecule has 1 aliphatic heterocycles. The molecule has 0 aliphatic carbocycles. The van der Waals surface area contributed by atoms with Gasteiger partial charge in [0.1, 0.15) is 0 Å². The Labute approximate surface area is 74.4 Å². The normalized spacial score (nSPS) is 21.6. The highest BCUT2D eigenvalue weighted by Crippen LogP contribution is 2.32. The topological polar surface area (TPSA) is 32.3 Å². The fraction of sp³-hybridized carbons (Fsp3) is 0.444. The Morgan fingerprint density at radius 1 is 1.58 bits per heavy atom. The van der Waals surface area contributed by atoms with Crippen molar-refractivity contribution in [1.82, 2.24) is 0 Å². The van der Waals surface area contributed by atoms with Crippen LogP contribution in [0, 0.1) is 0 Å². The lowest BCUT2D eigenvalue weighted by molar-refractivity contribution is -0.357. The highest BCUT2D eigenvalue weighted by Gasteiger charge is 2.08. The highest BCUT2D eigenvalue weighted by atomic mass is 31.1. The number of ether oxygens (including phenoxy) is 1. The van der Waals surface area contributed by atoms with E-state index in [0.717, 1.165) is 19.1 Å². The molecule has 0 fully saturated rings. The van der Waals surface area contributed by atoms with Crippen molar-refractivity contribution in [2.24, 2.45) is 0 Å². The fourth-order valence-electron chi connectivity index (χ4n) is 0.947. The van der Waals surface area contributed by atoms with E-state index < -0.39 is 0 Å². The maximum atomic E-state index is 11.3. The summed E-state index contributed by atoms with van der Waals surface area (Å²) in [5.74, 6) is 1.85. The van der Waals surface area contributed by atoms with Crippen LogP contribution in [-0.2, 0) is 4.74 Å². The molecule has 1 heterocycles. The molecule has 66 valence electrons. The summed E-state index contributed by atoms with van der Waals surface area (Å²) in [6.45, 7) is 6.23. The molecule has 0 N–H and O–H groups in total. The molecule has 0 aromatic carbocycles. The third-order valence-corrected chi connectivity index (χ3v) is 3.10. The lowest BCUT2D eigenvalue weighted by atomic mass is 10.2. The molecule has 0 bridgehead atoms. The van der Waals surface area contributed by atoms with Crippen LogP contribution >= 0.6 is 8.20 Å². The summed E-state index contributed by atoms with van der Waals surface area (Å²) in [6, 6.07) is 0. The molecular formula is C9H12O2P-. The van der Waals surface area contributed by atoms with Gasteiger partial charge in [-0.15, -0.1) is 0 Å². The van der Waals surface area contributed by atoms with Crippen LogP contribution in [0.1, 0.15) is 20.8 Å². The van der Waals surface area contributed by atoms with Gasteiger partial charge in [0.15, 0.2) is 0 Å². The van der Waals surface area contributed by atoms with Crippen molar-refractivity contribution in [3.63, 3.8) is 0 Å². The summed E-state index contributed by atoms with van der Waals surface area (Å²) >= 11 is 0. The molecule has 0 aromatic heterocycles. The second-order valence-electron chi connectivity index (χ2n) is 2.64. The fourth-order valence-corrected chi connectivity index (χ4v) is 2.00. The zero-order valence-corrected chi connectivity index (χ0v) is 8.44. The monoisotopic (exact) mass is 183 g/mol. The molecule has 1 rings (SSSR count). The molecule has 1 aliphatic rings. The minimum Gasteiger partial charge on any atom is -0.613 e. The van der Waals surface area contributed by atoms with E-state index in [1.165, 1.54) is 5.57 Å². The average molecular weight is 183 g/mol. The number of rotatable bonds is 2. The van der Waals surface area contributed by atoms with E-state index in [1.54, 1.807) is 0 Å². The predicted molar refractivity (Wildman–Crippen MR) is 50.0 cm³/mol. The maximum Gasteiger partial charge on any atom is 0.0637 e. The van der Waals surface area contributed by atoms with E-state index in [0.29, 0.717) is 6.61 Å². The van der Waals surface area contributed by atoms with Gasteiger partial charge in [-0.25, -0.2) is 0 Å². The average Bonchev–Trinajstić information content (AvgIpc) is 2.34. The molecular weight excluding hydrogens is 171 g/mol. The number of hydrogen-bond donors (Lipinski definition) is 0. The first kappa shape index (κ1) is 9.34. The van der Waals surface area contributed by atoms with Gasteiger partial charge in [-0.2, -0.15) is 0 Å². The molecule has 0 spiro atoms. The number of hydrogen-bond acceptors (Lipinski definition) is 2. The van der Waals surface area contributed by atoms with Gasteiger partial charge in [-0.3, -0.25) is 0 Å². The minimum absolute atomic E-state index is 0.176. The third kappa shape index (κ3) is 1.70. The van der Waals surface area contributed by atoms with Crippen LogP contribution in [0.15, 0.2) is 22.4 Å². The molecule has 0 aromatic rings.